The molecule has 0 N–H and O–H groups in total. The van der Waals surface area contributed by atoms with Crippen LogP contribution in [0.4, 0.5) is 13.2 Å². The average molecular weight is 202 g/mol. The highest BCUT2D eigenvalue weighted by atomic mass is 19.4. The van der Waals surface area contributed by atoms with E-state index in [1.54, 1.807) is 24.3 Å². The van der Waals surface area contributed by atoms with Gasteiger partial charge in [0.2, 0.25) is 0 Å². The molecule has 6 heteroatoms. The molecule has 0 unspecified atom stereocenters. The van der Waals surface area contributed by atoms with Gasteiger partial charge in [0.1, 0.15) is 0 Å². The molecule has 0 saturated heterocycles. The van der Waals surface area contributed by atoms with Crippen LogP contribution in [0.3, 0.4) is 0 Å². The van der Waals surface area contributed by atoms with Gasteiger partial charge >= 0.3 is 6.36 Å². The van der Waals surface area contributed by atoms with Crippen LogP contribution < -0.4 is 4.84 Å². The first kappa shape index (κ1) is 8.86. The molecule has 0 fully saturated rings. The first-order valence-corrected chi connectivity index (χ1v) is 3.75. The monoisotopic (exact) mass is 202 g/mol. The summed E-state index contributed by atoms with van der Waals surface area (Å²) in [6.45, 7) is 0. The fraction of sp³-hybridized carbons (Fsp3) is 0.125. The van der Waals surface area contributed by atoms with Crippen LogP contribution >= 0.6 is 0 Å². The second-order valence-corrected chi connectivity index (χ2v) is 2.63. The van der Waals surface area contributed by atoms with E-state index < -0.39 is 6.36 Å². The van der Waals surface area contributed by atoms with Crippen LogP contribution in [-0.2, 0) is 0 Å². The van der Waals surface area contributed by atoms with Crippen LogP contribution in [0.25, 0.3) is 10.9 Å². The van der Waals surface area contributed by atoms with Crippen molar-refractivity contribution in [2.75, 3.05) is 0 Å². The minimum atomic E-state index is -4.72. The van der Waals surface area contributed by atoms with Gasteiger partial charge in [-0.05, 0) is 6.07 Å². The molecule has 0 aliphatic carbocycles. The summed E-state index contributed by atoms with van der Waals surface area (Å²) in [6, 6.07) is 6.65. The molecule has 0 bridgehead atoms. The maximum atomic E-state index is 11.8. The first-order valence-electron chi connectivity index (χ1n) is 3.75. The summed E-state index contributed by atoms with van der Waals surface area (Å²) in [5.74, 6) is 0. The summed E-state index contributed by atoms with van der Waals surface area (Å²) in [5, 5.41) is 4.17. The highest BCUT2D eigenvalue weighted by molar-refractivity contribution is 5.77. The summed E-state index contributed by atoms with van der Waals surface area (Å²) in [7, 11) is 0. The van der Waals surface area contributed by atoms with Crippen molar-refractivity contribution < 1.29 is 18.0 Å². The summed E-state index contributed by atoms with van der Waals surface area (Å²) in [5.41, 5.74) is 0.455. The molecule has 0 atom stereocenters. The number of aromatic nitrogens is 2. The van der Waals surface area contributed by atoms with Crippen LogP contribution in [-0.4, -0.2) is 16.3 Å². The van der Waals surface area contributed by atoms with Crippen molar-refractivity contribution in [2.45, 2.75) is 6.36 Å². The Balaban J connectivity index is 2.36. The third kappa shape index (κ3) is 1.78. The lowest BCUT2D eigenvalue weighted by Crippen LogP contribution is -2.27. The standard InChI is InChI=1S/C8H5F3N2O/c9-8(10,11)14-13-5-6-3-1-2-4-7(6)12-13/h1-5H. The Morgan fingerprint density at radius 1 is 1.21 bits per heavy atom. The molecule has 0 spiro atoms. The number of hydrogen-bond donors (Lipinski definition) is 0. The van der Waals surface area contributed by atoms with Gasteiger partial charge in [-0.25, -0.2) is 0 Å². The van der Waals surface area contributed by atoms with E-state index in [4.69, 9.17) is 0 Å². The quantitative estimate of drug-likeness (QED) is 0.707. The molecule has 0 saturated carbocycles. The van der Waals surface area contributed by atoms with E-state index in [0.29, 0.717) is 15.7 Å². The van der Waals surface area contributed by atoms with Crippen molar-refractivity contribution in [3.8, 4) is 0 Å². The summed E-state index contributed by atoms with van der Waals surface area (Å²) < 4.78 is 35.4. The number of benzene rings is 1. The zero-order valence-electron chi connectivity index (χ0n) is 6.82. The topological polar surface area (TPSA) is 27.1 Å². The van der Waals surface area contributed by atoms with Crippen molar-refractivity contribution in [1.82, 2.24) is 9.94 Å². The summed E-state index contributed by atoms with van der Waals surface area (Å²) in [6.07, 6.45) is -3.55. The molecular formula is C8H5F3N2O. The molecule has 74 valence electrons. The van der Waals surface area contributed by atoms with E-state index in [0.717, 1.165) is 0 Å². The Labute approximate surface area is 76.6 Å². The van der Waals surface area contributed by atoms with Gasteiger partial charge in [0.15, 0.2) is 0 Å². The molecule has 2 aromatic rings. The maximum Gasteiger partial charge on any atom is 0.593 e. The van der Waals surface area contributed by atoms with E-state index >= 15 is 0 Å². The maximum absolute atomic E-state index is 11.8. The molecule has 0 aliphatic heterocycles. The van der Waals surface area contributed by atoms with Gasteiger partial charge in [-0.15, -0.1) is 18.3 Å². The highest BCUT2D eigenvalue weighted by Gasteiger charge is 2.32. The van der Waals surface area contributed by atoms with E-state index in [1.807, 2.05) is 0 Å². The van der Waals surface area contributed by atoms with Gasteiger partial charge in [-0.1, -0.05) is 23.0 Å². The average Bonchev–Trinajstić information content (AvgIpc) is 2.42. The molecule has 2 rings (SSSR count). The first-order chi connectivity index (χ1) is 6.54. The van der Waals surface area contributed by atoms with Crippen LogP contribution in [0.15, 0.2) is 30.5 Å². The molecule has 0 aliphatic rings. The zero-order chi connectivity index (χ0) is 10.2. The van der Waals surface area contributed by atoms with Crippen LogP contribution in [0.2, 0.25) is 0 Å². The number of fused-ring (bicyclic) bond motifs is 1. The number of halogens is 3. The van der Waals surface area contributed by atoms with Crippen LogP contribution in [0, 0.1) is 0 Å². The van der Waals surface area contributed by atoms with Gasteiger partial charge < -0.3 is 0 Å². The summed E-state index contributed by atoms with van der Waals surface area (Å²) >= 11 is 0. The predicted octanol–water partition coefficient (Wildman–Crippen LogP) is 1.98. The Morgan fingerprint density at radius 3 is 2.57 bits per heavy atom. The van der Waals surface area contributed by atoms with E-state index in [-0.39, 0.29) is 0 Å². The Bertz CT molecular complexity index is 416. The molecule has 1 aromatic carbocycles. The minimum Gasteiger partial charge on any atom is -0.295 e. The number of hydrogen-bond acceptors (Lipinski definition) is 2. The molecule has 1 aromatic heterocycles. The molecule has 14 heavy (non-hydrogen) atoms. The van der Waals surface area contributed by atoms with Crippen molar-refractivity contribution in [2.24, 2.45) is 0 Å². The fourth-order valence-electron chi connectivity index (χ4n) is 1.09. The summed E-state index contributed by atoms with van der Waals surface area (Å²) in [4.78, 5) is 4.00. The second kappa shape index (κ2) is 2.90. The Kier molecular flexibility index (Phi) is 1.83. The smallest absolute Gasteiger partial charge is 0.295 e. The molecule has 1 heterocycles. The normalized spacial score (nSPS) is 11.9. The SMILES string of the molecule is FC(F)(F)On1cc2ccccc2n1. The molecule has 0 amide bonds. The van der Waals surface area contributed by atoms with E-state index in [9.17, 15) is 13.2 Å². The Hall–Kier alpha value is -1.72. The lowest BCUT2D eigenvalue weighted by molar-refractivity contribution is -0.327. The van der Waals surface area contributed by atoms with E-state index in [2.05, 4.69) is 9.94 Å². The number of nitrogens with zero attached hydrogens (tertiary/aromatic N) is 2. The lowest BCUT2D eigenvalue weighted by Gasteiger charge is -2.05. The molecular weight excluding hydrogens is 197 g/mol. The third-order valence-electron chi connectivity index (χ3n) is 1.59. The van der Waals surface area contributed by atoms with Gasteiger partial charge in [-0.2, -0.15) is 0 Å². The molecule has 3 nitrogen and oxygen atoms in total. The predicted molar refractivity (Wildman–Crippen MR) is 42.4 cm³/mol. The van der Waals surface area contributed by atoms with Crippen molar-refractivity contribution in [1.29, 1.82) is 0 Å². The Morgan fingerprint density at radius 2 is 1.93 bits per heavy atom. The van der Waals surface area contributed by atoms with Gasteiger partial charge in [-0.3, -0.25) is 4.84 Å². The van der Waals surface area contributed by atoms with Gasteiger partial charge in [0.25, 0.3) is 0 Å². The second-order valence-electron chi connectivity index (χ2n) is 2.63. The largest absolute Gasteiger partial charge is 0.593 e. The highest BCUT2D eigenvalue weighted by Crippen LogP contribution is 2.15. The number of rotatable bonds is 1. The third-order valence-corrected chi connectivity index (χ3v) is 1.59. The minimum absolute atomic E-state index is 0.407. The van der Waals surface area contributed by atoms with Crippen molar-refractivity contribution >= 4 is 10.9 Å². The molecule has 0 radical (unpaired) electrons. The van der Waals surface area contributed by atoms with E-state index in [1.165, 1.54) is 6.20 Å². The van der Waals surface area contributed by atoms with Crippen LogP contribution in [0.1, 0.15) is 0 Å². The van der Waals surface area contributed by atoms with Gasteiger partial charge in [0, 0.05) is 5.39 Å². The van der Waals surface area contributed by atoms with Crippen LogP contribution in [0.5, 0.6) is 0 Å². The number of alkyl halides is 3. The van der Waals surface area contributed by atoms with Crippen molar-refractivity contribution in [3.05, 3.63) is 30.5 Å². The lowest BCUT2D eigenvalue weighted by atomic mass is 10.3. The van der Waals surface area contributed by atoms with Gasteiger partial charge in [0.05, 0.1) is 11.7 Å². The zero-order valence-corrected chi connectivity index (χ0v) is 6.82. The van der Waals surface area contributed by atoms with Crippen molar-refractivity contribution in [3.63, 3.8) is 0 Å². The fourth-order valence-corrected chi connectivity index (χ4v) is 1.09.